The number of amides is 1. The Morgan fingerprint density at radius 3 is 2.77 bits per heavy atom. The van der Waals surface area contributed by atoms with Gasteiger partial charge in [-0.05, 0) is 55.7 Å². The van der Waals surface area contributed by atoms with Crippen LogP contribution in [0.3, 0.4) is 0 Å². The molecule has 140 valence electrons. The molecule has 0 N–H and O–H groups in total. The van der Waals surface area contributed by atoms with E-state index in [1.165, 1.54) is 0 Å². The molecule has 0 saturated carbocycles. The summed E-state index contributed by atoms with van der Waals surface area (Å²) in [6, 6.07) is 11.1. The van der Waals surface area contributed by atoms with Gasteiger partial charge < -0.3 is 18.8 Å². The minimum Gasteiger partial charge on any atom is -0.494 e. The van der Waals surface area contributed by atoms with Crippen LogP contribution in [0.5, 0.6) is 5.75 Å². The van der Waals surface area contributed by atoms with E-state index in [1.807, 2.05) is 41.3 Å². The summed E-state index contributed by atoms with van der Waals surface area (Å²) < 4.78 is 16.8. The smallest absolute Gasteiger partial charge is 0.254 e. The molecule has 3 rings (SSSR count). The van der Waals surface area contributed by atoms with Gasteiger partial charge in [-0.25, -0.2) is 0 Å². The number of hydrogen-bond donors (Lipinski definition) is 0. The molecule has 1 atom stereocenters. The number of hydrogen-bond acceptors (Lipinski definition) is 4. The summed E-state index contributed by atoms with van der Waals surface area (Å²) in [6.07, 6.45) is 5.90. The molecule has 26 heavy (non-hydrogen) atoms. The Morgan fingerprint density at radius 1 is 1.27 bits per heavy atom. The maximum Gasteiger partial charge on any atom is 0.254 e. The van der Waals surface area contributed by atoms with Crippen LogP contribution in [-0.2, 0) is 11.3 Å². The Kier molecular flexibility index (Phi) is 6.72. The molecule has 1 saturated heterocycles. The molecule has 1 fully saturated rings. The topological polar surface area (TPSA) is 51.9 Å². The number of benzene rings is 1. The van der Waals surface area contributed by atoms with E-state index in [1.54, 1.807) is 6.26 Å². The predicted molar refractivity (Wildman–Crippen MR) is 99.3 cm³/mol. The minimum atomic E-state index is -0.0167. The van der Waals surface area contributed by atoms with Gasteiger partial charge in [0.05, 0.1) is 25.5 Å². The monoisotopic (exact) mass is 357 g/mol. The van der Waals surface area contributed by atoms with Gasteiger partial charge in [0.25, 0.3) is 5.91 Å². The van der Waals surface area contributed by atoms with Crippen LogP contribution in [-0.4, -0.2) is 36.7 Å². The van der Waals surface area contributed by atoms with Crippen molar-refractivity contribution in [3.05, 3.63) is 54.0 Å². The number of rotatable bonds is 9. The molecule has 2 heterocycles. The van der Waals surface area contributed by atoms with E-state index in [9.17, 15) is 4.79 Å². The van der Waals surface area contributed by atoms with E-state index in [4.69, 9.17) is 13.9 Å². The van der Waals surface area contributed by atoms with Crippen LogP contribution in [0.2, 0.25) is 0 Å². The zero-order valence-corrected chi connectivity index (χ0v) is 15.4. The highest BCUT2D eigenvalue weighted by Gasteiger charge is 2.24. The summed E-state index contributed by atoms with van der Waals surface area (Å²) in [5.41, 5.74) is 0.650. The molecule has 5 nitrogen and oxygen atoms in total. The lowest BCUT2D eigenvalue weighted by atomic mass is 10.1. The van der Waals surface area contributed by atoms with Crippen LogP contribution in [0.25, 0.3) is 0 Å². The lowest BCUT2D eigenvalue weighted by molar-refractivity contribution is 0.0491. The molecule has 2 aromatic rings. The fourth-order valence-electron chi connectivity index (χ4n) is 3.05. The molecule has 1 amide bonds. The van der Waals surface area contributed by atoms with Crippen LogP contribution in [0, 0.1) is 0 Å². The first kappa shape index (κ1) is 18.5. The van der Waals surface area contributed by atoms with E-state index in [0.29, 0.717) is 25.3 Å². The molecular weight excluding hydrogens is 330 g/mol. The third-order valence-corrected chi connectivity index (χ3v) is 4.53. The van der Waals surface area contributed by atoms with E-state index in [2.05, 4.69) is 6.92 Å². The first-order valence-corrected chi connectivity index (χ1v) is 9.42. The van der Waals surface area contributed by atoms with Crippen LogP contribution in [0.15, 0.2) is 47.1 Å². The van der Waals surface area contributed by atoms with Crippen molar-refractivity contribution >= 4 is 5.91 Å². The predicted octanol–water partition coefficient (Wildman–Crippen LogP) is 4.28. The molecule has 1 aromatic carbocycles. The maximum atomic E-state index is 13.0. The molecule has 0 bridgehead atoms. The molecule has 1 aromatic heterocycles. The van der Waals surface area contributed by atoms with Crippen molar-refractivity contribution in [2.75, 3.05) is 19.8 Å². The van der Waals surface area contributed by atoms with Gasteiger partial charge in [-0.1, -0.05) is 13.3 Å². The van der Waals surface area contributed by atoms with E-state index >= 15 is 0 Å². The van der Waals surface area contributed by atoms with Crippen molar-refractivity contribution in [2.24, 2.45) is 0 Å². The lowest BCUT2D eigenvalue weighted by Gasteiger charge is -2.25. The van der Waals surface area contributed by atoms with Crippen molar-refractivity contribution in [1.82, 2.24) is 4.90 Å². The SMILES string of the molecule is CCCCOc1ccc(C(=O)N(Cc2ccco2)CC2CCCO2)cc1. The number of furan rings is 1. The number of nitrogens with zero attached hydrogens (tertiary/aromatic N) is 1. The van der Waals surface area contributed by atoms with Gasteiger partial charge in [0, 0.05) is 18.7 Å². The van der Waals surface area contributed by atoms with Gasteiger partial charge in [-0.15, -0.1) is 0 Å². The van der Waals surface area contributed by atoms with E-state index in [-0.39, 0.29) is 12.0 Å². The summed E-state index contributed by atoms with van der Waals surface area (Å²) in [4.78, 5) is 14.8. The van der Waals surface area contributed by atoms with Gasteiger partial charge in [-0.3, -0.25) is 4.79 Å². The van der Waals surface area contributed by atoms with Crippen molar-refractivity contribution in [1.29, 1.82) is 0 Å². The largest absolute Gasteiger partial charge is 0.494 e. The fraction of sp³-hybridized carbons (Fsp3) is 0.476. The lowest BCUT2D eigenvalue weighted by Crippen LogP contribution is -2.36. The molecule has 1 unspecified atom stereocenters. The summed E-state index contributed by atoms with van der Waals surface area (Å²) in [5, 5.41) is 0. The zero-order chi connectivity index (χ0) is 18.2. The highest BCUT2D eigenvalue weighted by molar-refractivity contribution is 5.94. The molecular formula is C21H27NO4. The molecule has 1 aliphatic rings. The number of carbonyl (C=O) groups excluding carboxylic acids is 1. The summed E-state index contributed by atoms with van der Waals surface area (Å²) in [6.45, 7) is 4.63. The normalized spacial score (nSPS) is 16.6. The molecule has 0 aliphatic carbocycles. The molecule has 0 radical (unpaired) electrons. The van der Waals surface area contributed by atoms with Gasteiger partial charge >= 0.3 is 0 Å². The average Bonchev–Trinajstić information content (AvgIpc) is 3.35. The number of ether oxygens (including phenoxy) is 2. The Labute approximate surface area is 154 Å². The second-order valence-corrected chi connectivity index (χ2v) is 6.63. The van der Waals surface area contributed by atoms with Crippen molar-refractivity contribution < 1.29 is 18.7 Å². The number of unbranched alkanes of at least 4 members (excludes halogenated alkanes) is 1. The third kappa shape index (κ3) is 5.11. The number of carbonyl (C=O) groups is 1. The molecule has 0 spiro atoms. The van der Waals surface area contributed by atoms with Crippen molar-refractivity contribution in [3.63, 3.8) is 0 Å². The maximum absolute atomic E-state index is 13.0. The van der Waals surface area contributed by atoms with Crippen LogP contribution < -0.4 is 4.74 Å². The second kappa shape index (κ2) is 9.43. The van der Waals surface area contributed by atoms with Crippen molar-refractivity contribution in [3.8, 4) is 5.75 Å². The van der Waals surface area contributed by atoms with Gasteiger partial charge in [-0.2, -0.15) is 0 Å². The van der Waals surface area contributed by atoms with Crippen LogP contribution >= 0.6 is 0 Å². The zero-order valence-electron chi connectivity index (χ0n) is 15.4. The van der Waals surface area contributed by atoms with Crippen molar-refractivity contribution in [2.45, 2.75) is 45.3 Å². The fourth-order valence-corrected chi connectivity index (χ4v) is 3.05. The highest BCUT2D eigenvalue weighted by Crippen LogP contribution is 2.19. The highest BCUT2D eigenvalue weighted by atomic mass is 16.5. The quantitative estimate of drug-likeness (QED) is 0.629. The Balaban J connectivity index is 1.67. The first-order valence-electron chi connectivity index (χ1n) is 9.42. The minimum absolute atomic E-state index is 0.0167. The van der Waals surface area contributed by atoms with E-state index in [0.717, 1.165) is 43.8 Å². The van der Waals surface area contributed by atoms with Gasteiger partial charge in [0.2, 0.25) is 0 Å². The summed E-state index contributed by atoms with van der Waals surface area (Å²) in [7, 11) is 0. The Hall–Kier alpha value is -2.27. The first-order chi connectivity index (χ1) is 12.8. The summed E-state index contributed by atoms with van der Waals surface area (Å²) >= 11 is 0. The Bertz CT molecular complexity index is 660. The Morgan fingerprint density at radius 2 is 2.12 bits per heavy atom. The van der Waals surface area contributed by atoms with Gasteiger partial charge in [0.15, 0.2) is 0 Å². The third-order valence-electron chi connectivity index (χ3n) is 4.53. The summed E-state index contributed by atoms with van der Waals surface area (Å²) in [5.74, 6) is 1.56. The molecule has 1 aliphatic heterocycles. The van der Waals surface area contributed by atoms with Gasteiger partial charge in [0.1, 0.15) is 11.5 Å². The second-order valence-electron chi connectivity index (χ2n) is 6.63. The molecule has 5 heteroatoms. The van der Waals surface area contributed by atoms with E-state index < -0.39 is 0 Å². The average molecular weight is 357 g/mol. The van der Waals surface area contributed by atoms with Crippen LogP contribution in [0.4, 0.5) is 0 Å². The standard InChI is InChI=1S/C21H27NO4/c1-2-3-12-24-18-10-8-17(9-11-18)21(23)22(15-19-6-4-13-25-19)16-20-7-5-14-26-20/h4,6,8-11,13,20H,2-3,5,7,12,14-16H2,1H3. The van der Waals surface area contributed by atoms with Crippen LogP contribution in [0.1, 0.15) is 48.7 Å².